The number of carbonyl (C=O) groups is 2. The van der Waals surface area contributed by atoms with Crippen molar-refractivity contribution in [2.45, 2.75) is 39.0 Å². The van der Waals surface area contributed by atoms with Crippen LogP contribution in [0.25, 0.3) is 0 Å². The van der Waals surface area contributed by atoms with E-state index in [1.807, 2.05) is 0 Å². The molecule has 0 saturated carbocycles. The number of aliphatic carboxylic acids is 2. The van der Waals surface area contributed by atoms with Gasteiger partial charge in [0.15, 0.2) is 0 Å². The Morgan fingerprint density at radius 2 is 1.61 bits per heavy atom. The molecule has 1 aromatic carbocycles. The maximum absolute atomic E-state index is 9.10. The van der Waals surface area contributed by atoms with Crippen LogP contribution in [0.1, 0.15) is 37.3 Å². The second-order valence-electron chi connectivity index (χ2n) is 7.23. The first kappa shape index (κ1) is 22.2. The summed E-state index contributed by atoms with van der Waals surface area (Å²) in [5.41, 5.74) is 3.03. The minimum atomic E-state index is -1.82. The Labute approximate surface area is 166 Å². The summed E-state index contributed by atoms with van der Waals surface area (Å²) in [5, 5.41) is 14.8. The van der Waals surface area contributed by atoms with E-state index < -0.39 is 11.9 Å². The van der Waals surface area contributed by atoms with Gasteiger partial charge in [0.2, 0.25) is 0 Å². The van der Waals surface area contributed by atoms with Gasteiger partial charge in [-0.05, 0) is 68.5 Å². The van der Waals surface area contributed by atoms with Crippen LogP contribution in [-0.2, 0) is 22.4 Å². The van der Waals surface area contributed by atoms with Gasteiger partial charge >= 0.3 is 11.9 Å². The van der Waals surface area contributed by atoms with Crippen LogP contribution in [0, 0.1) is 0 Å². The van der Waals surface area contributed by atoms with Crippen LogP contribution in [0.5, 0.6) is 5.75 Å². The lowest BCUT2D eigenvalue weighted by Gasteiger charge is -2.33. The molecule has 1 saturated heterocycles. The average molecular weight is 392 g/mol. The lowest BCUT2D eigenvalue weighted by Crippen LogP contribution is -2.46. The zero-order valence-corrected chi connectivity index (χ0v) is 16.7. The lowest BCUT2D eigenvalue weighted by molar-refractivity contribution is -0.159. The minimum absolute atomic E-state index is 0.855. The Balaban J connectivity index is 0.000000409. The van der Waals surface area contributed by atoms with Crippen molar-refractivity contribution in [1.82, 2.24) is 9.80 Å². The second-order valence-corrected chi connectivity index (χ2v) is 7.23. The third kappa shape index (κ3) is 7.48. The zero-order chi connectivity index (χ0) is 20.4. The van der Waals surface area contributed by atoms with Crippen LogP contribution in [0.2, 0.25) is 0 Å². The van der Waals surface area contributed by atoms with Crippen molar-refractivity contribution in [2.75, 3.05) is 45.9 Å². The highest BCUT2D eigenvalue weighted by atomic mass is 16.5. The van der Waals surface area contributed by atoms with Crippen LogP contribution in [-0.4, -0.2) is 77.8 Å². The Bertz CT molecular complexity index is 630. The molecule has 0 radical (unpaired) electrons. The molecule has 2 N–H and O–H groups in total. The summed E-state index contributed by atoms with van der Waals surface area (Å²) in [6, 6.07) is 6.66. The van der Waals surface area contributed by atoms with Gasteiger partial charge < -0.3 is 24.7 Å². The van der Waals surface area contributed by atoms with Gasteiger partial charge in [-0.1, -0.05) is 13.0 Å². The number of benzene rings is 1. The van der Waals surface area contributed by atoms with Gasteiger partial charge in [0.1, 0.15) is 5.75 Å². The molecule has 0 unspecified atom stereocenters. The molecular weight excluding hydrogens is 360 g/mol. The highest BCUT2D eigenvalue weighted by Gasteiger charge is 2.14. The third-order valence-electron chi connectivity index (χ3n) is 5.30. The van der Waals surface area contributed by atoms with E-state index in [-0.39, 0.29) is 0 Å². The molecule has 7 heteroatoms. The van der Waals surface area contributed by atoms with Crippen molar-refractivity contribution < 1.29 is 24.5 Å². The van der Waals surface area contributed by atoms with Gasteiger partial charge in [0.25, 0.3) is 0 Å². The van der Waals surface area contributed by atoms with E-state index in [1.54, 1.807) is 0 Å². The molecule has 0 bridgehead atoms. The number of carboxylic acid groups (broad SMARTS) is 2. The maximum atomic E-state index is 9.10. The number of rotatable bonds is 7. The molecule has 0 aromatic heterocycles. The molecule has 3 rings (SSSR count). The standard InChI is InChI=1S/C19H30N2O.C2H2O4/c1-2-20-11-13-21(14-12-20)10-3-4-15-22-19-9-8-17-6-5-7-18(17)16-19;3-1(4)2(5)6/h8-9,16H,2-7,10-15H2,1H3;(H,3,4)(H,5,6). The molecule has 1 aliphatic carbocycles. The topological polar surface area (TPSA) is 90.3 Å². The van der Waals surface area contributed by atoms with Crippen molar-refractivity contribution in [1.29, 1.82) is 0 Å². The third-order valence-corrected chi connectivity index (χ3v) is 5.30. The number of nitrogens with zero attached hydrogens (tertiary/aromatic N) is 2. The fourth-order valence-electron chi connectivity index (χ4n) is 3.59. The molecule has 7 nitrogen and oxygen atoms in total. The van der Waals surface area contributed by atoms with E-state index in [1.165, 1.54) is 76.1 Å². The fraction of sp³-hybridized carbons (Fsp3) is 0.619. The molecular formula is C21H32N2O5. The second kappa shape index (κ2) is 11.7. The molecule has 0 spiro atoms. The molecule has 0 atom stereocenters. The number of fused-ring (bicyclic) bond motifs is 1. The predicted octanol–water partition coefficient (Wildman–Crippen LogP) is 2.13. The van der Waals surface area contributed by atoms with Gasteiger partial charge in [-0.15, -0.1) is 0 Å². The SMILES string of the molecule is CCN1CCN(CCCCOc2ccc3c(c2)CCC3)CC1.O=C(O)C(=O)O. The number of aryl methyl sites for hydroxylation is 2. The van der Waals surface area contributed by atoms with Crippen molar-refractivity contribution in [2.24, 2.45) is 0 Å². The first-order valence-corrected chi connectivity index (χ1v) is 10.1. The van der Waals surface area contributed by atoms with E-state index in [0.29, 0.717) is 0 Å². The number of likely N-dealkylation sites (N-methyl/N-ethyl adjacent to an activating group) is 1. The Morgan fingerprint density at radius 1 is 0.964 bits per heavy atom. The molecule has 1 heterocycles. The summed E-state index contributed by atoms with van der Waals surface area (Å²) < 4.78 is 5.93. The molecule has 28 heavy (non-hydrogen) atoms. The van der Waals surface area contributed by atoms with Gasteiger partial charge in [-0.2, -0.15) is 0 Å². The first-order chi connectivity index (χ1) is 13.5. The van der Waals surface area contributed by atoms with E-state index in [2.05, 4.69) is 34.9 Å². The Kier molecular flexibility index (Phi) is 9.23. The van der Waals surface area contributed by atoms with Crippen LogP contribution in [0.3, 0.4) is 0 Å². The zero-order valence-electron chi connectivity index (χ0n) is 16.7. The van der Waals surface area contributed by atoms with Gasteiger partial charge in [-0.3, -0.25) is 0 Å². The normalized spacial score (nSPS) is 16.8. The van der Waals surface area contributed by atoms with Crippen molar-refractivity contribution in [3.63, 3.8) is 0 Å². The van der Waals surface area contributed by atoms with E-state index in [0.717, 1.165) is 18.8 Å². The summed E-state index contributed by atoms with van der Waals surface area (Å²) in [6.07, 6.45) is 6.20. The highest BCUT2D eigenvalue weighted by molar-refractivity contribution is 6.27. The first-order valence-electron chi connectivity index (χ1n) is 10.1. The predicted molar refractivity (Wildman–Crippen MR) is 107 cm³/mol. The quantitative estimate of drug-likeness (QED) is 0.543. The van der Waals surface area contributed by atoms with Crippen molar-refractivity contribution >= 4 is 11.9 Å². The lowest BCUT2D eigenvalue weighted by atomic mass is 10.1. The van der Waals surface area contributed by atoms with E-state index in [4.69, 9.17) is 24.5 Å². The Hall–Kier alpha value is -2.12. The van der Waals surface area contributed by atoms with Gasteiger partial charge in [0.05, 0.1) is 6.61 Å². The summed E-state index contributed by atoms with van der Waals surface area (Å²) in [4.78, 5) is 23.3. The summed E-state index contributed by atoms with van der Waals surface area (Å²) in [5.74, 6) is -2.58. The van der Waals surface area contributed by atoms with Crippen LogP contribution in [0.15, 0.2) is 18.2 Å². The summed E-state index contributed by atoms with van der Waals surface area (Å²) >= 11 is 0. The van der Waals surface area contributed by atoms with Crippen LogP contribution < -0.4 is 4.74 Å². The molecule has 2 aliphatic rings. The number of hydrogen-bond acceptors (Lipinski definition) is 5. The van der Waals surface area contributed by atoms with Crippen LogP contribution in [0.4, 0.5) is 0 Å². The number of hydrogen-bond donors (Lipinski definition) is 2. The maximum Gasteiger partial charge on any atom is 0.414 e. The van der Waals surface area contributed by atoms with Crippen molar-refractivity contribution in [3.8, 4) is 5.75 Å². The van der Waals surface area contributed by atoms with Gasteiger partial charge in [0, 0.05) is 26.2 Å². The highest BCUT2D eigenvalue weighted by Crippen LogP contribution is 2.26. The minimum Gasteiger partial charge on any atom is -0.494 e. The fourth-order valence-corrected chi connectivity index (χ4v) is 3.59. The molecule has 156 valence electrons. The number of carboxylic acids is 2. The average Bonchev–Trinajstić information content (AvgIpc) is 3.16. The molecule has 1 fully saturated rings. The van der Waals surface area contributed by atoms with E-state index in [9.17, 15) is 0 Å². The number of piperazine rings is 1. The molecule has 1 aromatic rings. The van der Waals surface area contributed by atoms with Crippen LogP contribution >= 0.6 is 0 Å². The number of unbranched alkanes of at least 4 members (excludes halogenated alkanes) is 1. The van der Waals surface area contributed by atoms with Gasteiger partial charge in [-0.25, -0.2) is 9.59 Å². The largest absolute Gasteiger partial charge is 0.494 e. The smallest absolute Gasteiger partial charge is 0.414 e. The monoisotopic (exact) mass is 392 g/mol. The Morgan fingerprint density at radius 3 is 2.25 bits per heavy atom. The number of ether oxygens (including phenoxy) is 1. The van der Waals surface area contributed by atoms with Crippen molar-refractivity contribution in [3.05, 3.63) is 29.3 Å². The molecule has 0 amide bonds. The summed E-state index contributed by atoms with van der Waals surface area (Å²) in [7, 11) is 0. The molecule has 1 aliphatic heterocycles. The summed E-state index contributed by atoms with van der Waals surface area (Å²) in [6.45, 7) is 10.5. The van der Waals surface area contributed by atoms with E-state index >= 15 is 0 Å².